The molecule has 0 aliphatic heterocycles. The molecule has 0 fully saturated rings. The van der Waals surface area contributed by atoms with Gasteiger partial charge in [0, 0.05) is 6.04 Å². The summed E-state index contributed by atoms with van der Waals surface area (Å²) < 4.78 is 0. The highest BCUT2D eigenvalue weighted by atomic mass is 14.9. The lowest BCUT2D eigenvalue weighted by Gasteiger charge is -2.32. The van der Waals surface area contributed by atoms with Crippen LogP contribution in [0.3, 0.4) is 0 Å². The first-order chi connectivity index (χ1) is 8.29. The van der Waals surface area contributed by atoms with Crippen molar-refractivity contribution in [1.29, 1.82) is 0 Å². The molecule has 0 spiro atoms. The van der Waals surface area contributed by atoms with E-state index >= 15 is 0 Å². The van der Waals surface area contributed by atoms with Crippen LogP contribution in [-0.4, -0.2) is 12.6 Å². The van der Waals surface area contributed by atoms with E-state index in [2.05, 4.69) is 71.1 Å². The van der Waals surface area contributed by atoms with Gasteiger partial charge in [0.15, 0.2) is 0 Å². The SMILES string of the molecule is Cc1ccc(CC(CNC(C)C)C(C)(C)C)cc1. The van der Waals surface area contributed by atoms with E-state index < -0.39 is 0 Å². The van der Waals surface area contributed by atoms with Gasteiger partial charge in [0.05, 0.1) is 0 Å². The molecule has 18 heavy (non-hydrogen) atoms. The van der Waals surface area contributed by atoms with Crippen LogP contribution >= 0.6 is 0 Å². The number of aryl methyl sites for hydroxylation is 1. The highest BCUT2D eigenvalue weighted by molar-refractivity contribution is 5.22. The summed E-state index contributed by atoms with van der Waals surface area (Å²) in [5.41, 5.74) is 3.13. The van der Waals surface area contributed by atoms with Crippen LogP contribution in [-0.2, 0) is 6.42 Å². The maximum Gasteiger partial charge on any atom is 0.00104 e. The van der Waals surface area contributed by atoms with E-state index in [0.717, 1.165) is 13.0 Å². The van der Waals surface area contributed by atoms with Gasteiger partial charge < -0.3 is 5.32 Å². The molecule has 0 aliphatic carbocycles. The molecule has 1 rings (SSSR count). The number of hydrogen-bond acceptors (Lipinski definition) is 1. The molecule has 1 aromatic carbocycles. The summed E-state index contributed by atoms with van der Waals surface area (Å²) in [6.45, 7) is 14.7. The Balaban J connectivity index is 2.69. The molecule has 0 saturated carbocycles. The van der Waals surface area contributed by atoms with Gasteiger partial charge in [0.2, 0.25) is 0 Å². The third-order valence-electron chi connectivity index (χ3n) is 3.60. The third-order valence-corrected chi connectivity index (χ3v) is 3.60. The first-order valence-electron chi connectivity index (χ1n) is 7.08. The van der Waals surface area contributed by atoms with E-state index in [1.165, 1.54) is 11.1 Å². The van der Waals surface area contributed by atoms with Gasteiger partial charge in [-0.1, -0.05) is 64.4 Å². The number of nitrogens with one attached hydrogen (secondary N) is 1. The molecule has 0 bridgehead atoms. The minimum atomic E-state index is 0.340. The van der Waals surface area contributed by atoms with Gasteiger partial charge in [-0.3, -0.25) is 0 Å². The quantitative estimate of drug-likeness (QED) is 0.822. The fourth-order valence-corrected chi connectivity index (χ4v) is 2.07. The smallest absolute Gasteiger partial charge is 0.00104 e. The lowest BCUT2D eigenvalue weighted by molar-refractivity contribution is 0.226. The standard InChI is InChI=1S/C17H29N/c1-13(2)18-12-16(17(4,5)6)11-15-9-7-14(3)8-10-15/h7-10,13,16,18H,11-12H2,1-6H3. The second-order valence-corrected chi connectivity index (χ2v) is 6.82. The minimum absolute atomic E-state index is 0.340. The van der Waals surface area contributed by atoms with Crippen LogP contribution in [0.1, 0.15) is 45.7 Å². The van der Waals surface area contributed by atoms with Crippen LogP contribution < -0.4 is 5.32 Å². The largest absolute Gasteiger partial charge is 0.314 e. The fourth-order valence-electron chi connectivity index (χ4n) is 2.07. The molecule has 1 unspecified atom stereocenters. The zero-order chi connectivity index (χ0) is 13.8. The number of hydrogen-bond donors (Lipinski definition) is 1. The number of benzene rings is 1. The van der Waals surface area contributed by atoms with Gasteiger partial charge in [0.25, 0.3) is 0 Å². The summed E-state index contributed by atoms with van der Waals surface area (Å²) in [5.74, 6) is 0.669. The van der Waals surface area contributed by atoms with Crippen LogP contribution in [0.4, 0.5) is 0 Å². The van der Waals surface area contributed by atoms with Gasteiger partial charge >= 0.3 is 0 Å². The van der Waals surface area contributed by atoms with Crippen molar-refractivity contribution in [3.8, 4) is 0 Å². The Morgan fingerprint density at radius 3 is 2.06 bits per heavy atom. The Labute approximate surface area is 113 Å². The monoisotopic (exact) mass is 247 g/mol. The van der Waals surface area contributed by atoms with E-state index in [1.807, 2.05) is 0 Å². The van der Waals surface area contributed by atoms with Crippen LogP contribution in [0, 0.1) is 18.3 Å². The first-order valence-corrected chi connectivity index (χ1v) is 7.08. The topological polar surface area (TPSA) is 12.0 Å². The van der Waals surface area contributed by atoms with Crippen LogP contribution in [0.15, 0.2) is 24.3 Å². The molecule has 1 heteroatoms. The van der Waals surface area contributed by atoms with E-state index in [9.17, 15) is 0 Å². The van der Waals surface area contributed by atoms with Crippen molar-refractivity contribution in [3.63, 3.8) is 0 Å². The summed E-state index contributed by atoms with van der Waals surface area (Å²) in [6, 6.07) is 9.52. The zero-order valence-corrected chi connectivity index (χ0v) is 12.9. The van der Waals surface area contributed by atoms with E-state index in [0.29, 0.717) is 17.4 Å². The molecule has 0 saturated heterocycles. The minimum Gasteiger partial charge on any atom is -0.314 e. The Kier molecular flexibility index (Phi) is 5.40. The van der Waals surface area contributed by atoms with Crippen molar-refractivity contribution in [2.45, 2.75) is 54.0 Å². The number of rotatable bonds is 5. The summed E-state index contributed by atoms with van der Waals surface area (Å²) in [5, 5.41) is 3.58. The van der Waals surface area contributed by atoms with Crippen molar-refractivity contribution >= 4 is 0 Å². The summed E-state index contributed by atoms with van der Waals surface area (Å²) in [6.07, 6.45) is 1.16. The normalized spacial score (nSPS) is 13.9. The van der Waals surface area contributed by atoms with Crippen molar-refractivity contribution in [1.82, 2.24) is 5.32 Å². The Morgan fingerprint density at radius 1 is 1.06 bits per heavy atom. The van der Waals surface area contributed by atoms with Crippen molar-refractivity contribution in [3.05, 3.63) is 35.4 Å². The predicted molar refractivity (Wildman–Crippen MR) is 81.0 cm³/mol. The molecular weight excluding hydrogens is 218 g/mol. The molecule has 0 aliphatic rings. The molecule has 1 aromatic rings. The van der Waals surface area contributed by atoms with E-state index in [4.69, 9.17) is 0 Å². The highest BCUT2D eigenvalue weighted by Crippen LogP contribution is 2.28. The van der Waals surface area contributed by atoms with E-state index in [-0.39, 0.29) is 0 Å². The first kappa shape index (κ1) is 15.2. The molecule has 102 valence electrons. The van der Waals surface area contributed by atoms with Gasteiger partial charge in [0.1, 0.15) is 0 Å². The van der Waals surface area contributed by atoms with Crippen molar-refractivity contribution in [2.24, 2.45) is 11.3 Å². The molecule has 0 aromatic heterocycles. The fraction of sp³-hybridized carbons (Fsp3) is 0.647. The summed E-state index contributed by atoms with van der Waals surface area (Å²) >= 11 is 0. The molecule has 0 heterocycles. The molecular formula is C17H29N. The summed E-state index contributed by atoms with van der Waals surface area (Å²) in [4.78, 5) is 0. The van der Waals surface area contributed by atoms with Crippen LogP contribution in [0.25, 0.3) is 0 Å². The van der Waals surface area contributed by atoms with E-state index in [1.54, 1.807) is 0 Å². The average molecular weight is 247 g/mol. The van der Waals surface area contributed by atoms with Crippen molar-refractivity contribution < 1.29 is 0 Å². The second kappa shape index (κ2) is 6.38. The Morgan fingerprint density at radius 2 is 1.61 bits per heavy atom. The third kappa shape index (κ3) is 5.22. The predicted octanol–water partition coefficient (Wildman–Crippen LogP) is 4.20. The van der Waals surface area contributed by atoms with Gasteiger partial charge in [-0.15, -0.1) is 0 Å². The Hall–Kier alpha value is -0.820. The molecule has 1 nitrogen and oxygen atoms in total. The molecule has 0 amide bonds. The zero-order valence-electron chi connectivity index (χ0n) is 12.9. The molecule has 1 atom stereocenters. The summed E-state index contributed by atoms with van der Waals surface area (Å²) in [7, 11) is 0. The lowest BCUT2D eigenvalue weighted by Crippen LogP contribution is -2.36. The van der Waals surface area contributed by atoms with Crippen LogP contribution in [0.5, 0.6) is 0 Å². The Bertz CT molecular complexity index is 343. The maximum atomic E-state index is 3.58. The second-order valence-electron chi connectivity index (χ2n) is 6.82. The van der Waals surface area contributed by atoms with Gasteiger partial charge in [-0.25, -0.2) is 0 Å². The van der Waals surface area contributed by atoms with Gasteiger partial charge in [-0.05, 0) is 36.8 Å². The molecule has 1 N–H and O–H groups in total. The maximum absolute atomic E-state index is 3.58. The average Bonchev–Trinajstić information content (AvgIpc) is 2.24. The lowest BCUT2D eigenvalue weighted by atomic mass is 9.77. The van der Waals surface area contributed by atoms with Crippen molar-refractivity contribution in [2.75, 3.05) is 6.54 Å². The highest BCUT2D eigenvalue weighted by Gasteiger charge is 2.24. The molecule has 0 radical (unpaired) electrons. The van der Waals surface area contributed by atoms with Gasteiger partial charge in [-0.2, -0.15) is 0 Å². The van der Waals surface area contributed by atoms with Crippen LogP contribution in [0.2, 0.25) is 0 Å².